The van der Waals surface area contributed by atoms with E-state index < -0.39 is 29.3 Å². The van der Waals surface area contributed by atoms with E-state index in [-0.39, 0.29) is 18.4 Å². The number of alkyl halides is 3. The smallest absolute Gasteiger partial charge is 0.433 e. The molecule has 0 radical (unpaired) electrons. The third-order valence-corrected chi connectivity index (χ3v) is 7.20. The Bertz CT molecular complexity index is 1330. The molecule has 2 aromatic carbocycles. The number of benzene rings is 2. The molecule has 5 rings (SSSR count). The fraction of sp³-hybridized carbons (Fsp3) is 0.333. The molecular weight excluding hydrogens is 476 g/mol. The van der Waals surface area contributed by atoms with Crippen molar-refractivity contribution in [3.63, 3.8) is 0 Å². The Labute approximate surface area is 205 Å². The standard InChI is InChI=1S/C27H24F4N2O3/c1-16-3-8-20(33-15-32-13-23(33)27(29,30)31)11-22(16)18-12-26(36-14-18)10-9-21(25(34)35-2)24(26)17-4-6-19(28)7-5-17/h3-8,11-13,15,21,24H,9-10,14H2,1-2H3/t21-,24+,26+/m0/s1. The molecule has 1 fully saturated rings. The van der Waals surface area contributed by atoms with Gasteiger partial charge in [0.25, 0.3) is 0 Å². The fourth-order valence-corrected chi connectivity index (χ4v) is 5.52. The number of imidazole rings is 1. The minimum absolute atomic E-state index is 0.228. The number of methoxy groups -OCH3 is 1. The lowest BCUT2D eigenvalue weighted by Crippen LogP contribution is -2.34. The van der Waals surface area contributed by atoms with E-state index in [1.807, 2.05) is 13.0 Å². The molecule has 3 atom stereocenters. The van der Waals surface area contributed by atoms with Crippen LogP contribution in [0, 0.1) is 18.7 Å². The second-order valence-corrected chi connectivity index (χ2v) is 9.26. The van der Waals surface area contributed by atoms with E-state index in [2.05, 4.69) is 4.98 Å². The quantitative estimate of drug-likeness (QED) is 0.333. The Morgan fingerprint density at radius 1 is 1.19 bits per heavy atom. The van der Waals surface area contributed by atoms with Crippen molar-refractivity contribution in [2.24, 2.45) is 5.92 Å². The molecule has 5 nitrogen and oxygen atoms in total. The number of nitrogens with zero attached hydrogens (tertiary/aromatic N) is 2. The van der Waals surface area contributed by atoms with Crippen LogP contribution in [0.4, 0.5) is 17.6 Å². The van der Waals surface area contributed by atoms with Gasteiger partial charge in [-0.2, -0.15) is 13.2 Å². The van der Waals surface area contributed by atoms with E-state index in [4.69, 9.17) is 9.47 Å². The summed E-state index contributed by atoms with van der Waals surface area (Å²) in [7, 11) is 1.34. The number of ether oxygens (including phenoxy) is 2. The normalized spacial score (nSPS) is 23.8. The van der Waals surface area contributed by atoms with Crippen LogP contribution in [0.15, 0.2) is 61.1 Å². The molecule has 1 spiro atoms. The Kier molecular flexibility index (Phi) is 5.98. The number of rotatable bonds is 4. The van der Waals surface area contributed by atoms with Crippen molar-refractivity contribution < 1.29 is 31.8 Å². The Balaban J connectivity index is 1.56. The summed E-state index contributed by atoms with van der Waals surface area (Å²) < 4.78 is 66.4. The first kappa shape index (κ1) is 24.2. The van der Waals surface area contributed by atoms with Crippen LogP contribution in [0.5, 0.6) is 0 Å². The highest BCUT2D eigenvalue weighted by atomic mass is 19.4. The van der Waals surface area contributed by atoms with Crippen LogP contribution in [0.2, 0.25) is 0 Å². The predicted molar refractivity (Wildman–Crippen MR) is 124 cm³/mol. The van der Waals surface area contributed by atoms with Crippen LogP contribution in [-0.2, 0) is 20.4 Å². The van der Waals surface area contributed by atoms with Gasteiger partial charge in [0, 0.05) is 11.6 Å². The molecule has 1 aliphatic carbocycles. The van der Waals surface area contributed by atoms with Gasteiger partial charge in [0.15, 0.2) is 0 Å². The minimum atomic E-state index is -4.55. The molecule has 0 amide bonds. The van der Waals surface area contributed by atoms with Gasteiger partial charge < -0.3 is 9.47 Å². The van der Waals surface area contributed by atoms with Crippen molar-refractivity contribution in [1.29, 1.82) is 0 Å². The molecule has 1 aromatic heterocycles. The van der Waals surface area contributed by atoms with Crippen molar-refractivity contribution in [1.82, 2.24) is 9.55 Å². The highest BCUT2D eigenvalue weighted by Gasteiger charge is 2.54. The fourth-order valence-electron chi connectivity index (χ4n) is 5.52. The van der Waals surface area contributed by atoms with E-state index >= 15 is 0 Å². The van der Waals surface area contributed by atoms with Gasteiger partial charge in [-0.25, -0.2) is 9.37 Å². The molecule has 1 aliphatic heterocycles. The maximum Gasteiger partial charge on any atom is 0.433 e. The summed E-state index contributed by atoms with van der Waals surface area (Å²) in [4.78, 5) is 16.3. The number of aryl methyl sites for hydroxylation is 1. The van der Waals surface area contributed by atoms with Gasteiger partial charge in [-0.3, -0.25) is 9.36 Å². The Hall–Kier alpha value is -3.46. The average Bonchev–Trinajstić information content (AvgIpc) is 3.59. The summed E-state index contributed by atoms with van der Waals surface area (Å²) >= 11 is 0. The third-order valence-electron chi connectivity index (χ3n) is 7.20. The molecule has 0 N–H and O–H groups in total. The van der Waals surface area contributed by atoms with Gasteiger partial charge in [0.05, 0.1) is 37.8 Å². The Morgan fingerprint density at radius 3 is 2.64 bits per heavy atom. The number of carbonyl (C=O) groups is 1. The molecule has 1 saturated carbocycles. The molecule has 9 heteroatoms. The topological polar surface area (TPSA) is 53.4 Å². The first-order valence-electron chi connectivity index (χ1n) is 11.5. The van der Waals surface area contributed by atoms with E-state index in [0.717, 1.165) is 39.4 Å². The number of halogens is 4. The number of hydrogen-bond acceptors (Lipinski definition) is 4. The SMILES string of the molecule is COC(=O)[C@H]1CC[C@@]2(C=C(c3cc(-n4cncc4C(F)(F)F)ccc3C)CO2)[C@@H]1c1ccc(F)cc1. The van der Waals surface area contributed by atoms with Gasteiger partial charge in [-0.1, -0.05) is 18.2 Å². The van der Waals surface area contributed by atoms with E-state index in [9.17, 15) is 22.4 Å². The molecular formula is C27H24F4N2O3. The van der Waals surface area contributed by atoms with Crippen molar-refractivity contribution in [3.05, 3.63) is 89.3 Å². The summed E-state index contributed by atoms with van der Waals surface area (Å²) in [6.07, 6.45) is 0.454. The number of aromatic nitrogens is 2. The van der Waals surface area contributed by atoms with E-state index in [0.29, 0.717) is 18.5 Å². The highest BCUT2D eigenvalue weighted by molar-refractivity contribution is 5.77. The average molecular weight is 500 g/mol. The minimum Gasteiger partial charge on any atom is -0.469 e. The summed E-state index contributed by atoms with van der Waals surface area (Å²) in [6, 6.07) is 11.1. The first-order chi connectivity index (χ1) is 17.1. The molecule has 0 saturated heterocycles. The molecule has 2 aliphatic rings. The van der Waals surface area contributed by atoms with Crippen LogP contribution in [0.1, 0.15) is 41.1 Å². The van der Waals surface area contributed by atoms with E-state index in [1.54, 1.807) is 30.3 Å². The molecule has 0 bridgehead atoms. The second-order valence-electron chi connectivity index (χ2n) is 9.26. The van der Waals surface area contributed by atoms with Crippen LogP contribution in [0.25, 0.3) is 11.3 Å². The van der Waals surface area contributed by atoms with Crippen molar-refractivity contribution >= 4 is 11.5 Å². The molecule has 0 unspecified atom stereocenters. The van der Waals surface area contributed by atoms with Crippen LogP contribution < -0.4 is 0 Å². The monoisotopic (exact) mass is 500 g/mol. The van der Waals surface area contributed by atoms with Gasteiger partial charge in [-0.15, -0.1) is 0 Å². The van der Waals surface area contributed by atoms with E-state index in [1.165, 1.54) is 19.2 Å². The lowest BCUT2D eigenvalue weighted by molar-refractivity contribution is -0.146. The maximum absolute atomic E-state index is 13.6. The number of hydrogen-bond donors (Lipinski definition) is 0. The van der Waals surface area contributed by atoms with Crippen molar-refractivity contribution in [3.8, 4) is 5.69 Å². The van der Waals surface area contributed by atoms with Gasteiger partial charge in [0.1, 0.15) is 11.5 Å². The summed E-state index contributed by atoms with van der Waals surface area (Å²) in [5.74, 6) is -1.60. The maximum atomic E-state index is 13.6. The summed E-state index contributed by atoms with van der Waals surface area (Å²) in [5.41, 5.74) is 1.86. The lowest BCUT2D eigenvalue weighted by Gasteiger charge is -2.31. The van der Waals surface area contributed by atoms with Crippen LogP contribution >= 0.6 is 0 Å². The molecule has 36 heavy (non-hydrogen) atoms. The van der Waals surface area contributed by atoms with Crippen LogP contribution in [0.3, 0.4) is 0 Å². The van der Waals surface area contributed by atoms with Crippen molar-refractivity contribution in [2.45, 2.75) is 37.5 Å². The summed E-state index contributed by atoms with van der Waals surface area (Å²) in [6.45, 7) is 2.11. The zero-order valence-electron chi connectivity index (χ0n) is 19.7. The zero-order chi connectivity index (χ0) is 25.7. The predicted octanol–water partition coefficient (Wildman–Crippen LogP) is 5.86. The lowest BCUT2D eigenvalue weighted by atomic mass is 9.79. The van der Waals surface area contributed by atoms with Gasteiger partial charge >= 0.3 is 12.1 Å². The van der Waals surface area contributed by atoms with Crippen molar-refractivity contribution in [2.75, 3.05) is 13.7 Å². The van der Waals surface area contributed by atoms with Crippen LogP contribution in [-0.4, -0.2) is 34.8 Å². The second kappa shape index (κ2) is 8.89. The molecule has 188 valence electrons. The number of carbonyl (C=O) groups excluding carboxylic acids is 1. The molecule has 2 heterocycles. The number of esters is 1. The Morgan fingerprint density at radius 2 is 1.94 bits per heavy atom. The molecule has 3 aromatic rings. The third kappa shape index (κ3) is 4.11. The van der Waals surface area contributed by atoms with Gasteiger partial charge in [0.2, 0.25) is 0 Å². The van der Waals surface area contributed by atoms with Gasteiger partial charge in [-0.05, 0) is 72.4 Å². The highest BCUT2D eigenvalue weighted by Crippen LogP contribution is 2.54. The largest absolute Gasteiger partial charge is 0.469 e. The summed E-state index contributed by atoms with van der Waals surface area (Å²) in [5, 5.41) is 0. The zero-order valence-corrected chi connectivity index (χ0v) is 19.7. The first-order valence-corrected chi connectivity index (χ1v) is 11.5.